The molecule has 1 heterocycles. The normalized spacial score (nSPS) is 18.6. The highest BCUT2D eigenvalue weighted by Gasteiger charge is 2.28. The van der Waals surface area contributed by atoms with Gasteiger partial charge in [-0.05, 0) is 19.3 Å². The summed E-state index contributed by atoms with van der Waals surface area (Å²) in [6.45, 7) is 3.32. The third kappa shape index (κ3) is 4.83. The van der Waals surface area contributed by atoms with Crippen LogP contribution in [0.1, 0.15) is 32.6 Å². The lowest BCUT2D eigenvalue weighted by atomic mass is 9.96. The van der Waals surface area contributed by atoms with Crippen molar-refractivity contribution in [3.05, 3.63) is 0 Å². The SMILES string of the molecule is COC(=O)CCCN(C)C(=O)C1CCCN(C(C)=O)C1. The first kappa shape index (κ1) is 16.5. The number of nitrogens with zero attached hydrogens (tertiary/aromatic N) is 2. The van der Waals surface area contributed by atoms with E-state index in [1.165, 1.54) is 14.0 Å². The fourth-order valence-electron chi connectivity index (χ4n) is 2.45. The van der Waals surface area contributed by atoms with Crippen molar-refractivity contribution in [1.29, 1.82) is 0 Å². The largest absolute Gasteiger partial charge is 0.469 e. The van der Waals surface area contributed by atoms with E-state index in [4.69, 9.17) is 0 Å². The molecule has 6 heteroatoms. The lowest BCUT2D eigenvalue weighted by Crippen LogP contribution is -2.45. The van der Waals surface area contributed by atoms with Crippen molar-refractivity contribution >= 4 is 17.8 Å². The number of hydrogen-bond acceptors (Lipinski definition) is 4. The summed E-state index contributed by atoms with van der Waals surface area (Å²) >= 11 is 0. The predicted molar refractivity (Wildman–Crippen MR) is 73.9 cm³/mol. The lowest BCUT2D eigenvalue weighted by Gasteiger charge is -2.33. The molecule has 0 aliphatic carbocycles. The Labute approximate surface area is 120 Å². The van der Waals surface area contributed by atoms with Gasteiger partial charge in [-0.15, -0.1) is 0 Å². The van der Waals surface area contributed by atoms with Crippen molar-refractivity contribution in [2.75, 3.05) is 33.8 Å². The van der Waals surface area contributed by atoms with Crippen LogP contribution in [-0.2, 0) is 19.1 Å². The summed E-state index contributed by atoms with van der Waals surface area (Å²) in [6, 6.07) is 0. The van der Waals surface area contributed by atoms with Crippen molar-refractivity contribution in [2.24, 2.45) is 5.92 Å². The van der Waals surface area contributed by atoms with Crippen LogP contribution in [0.3, 0.4) is 0 Å². The molecule has 0 spiro atoms. The fraction of sp³-hybridized carbons (Fsp3) is 0.786. The minimum Gasteiger partial charge on any atom is -0.469 e. The molecule has 1 atom stereocenters. The van der Waals surface area contributed by atoms with E-state index < -0.39 is 0 Å². The van der Waals surface area contributed by atoms with E-state index in [-0.39, 0.29) is 23.7 Å². The molecule has 1 unspecified atom stereocenters. The van der Waals surface area contributed by atoms with Crippen molar-refractivity contribution in [3.8, 4) is 0 Å². The molecular weight excluding hydrogens is 260 g/mol. The van der Waals surface area contributed by atoms with Crippen LogP contribution in [0, 0.1) is 5.92 Å². The van der Waals surface area contributed by atoms with Crippen molar-refractivity contribution in [1.82, 2.24) is 9.80 Å². The third-order valence-electron chi connectivity index (χ3n) is 3.69. The van der Waals surface area contributed by atoms with E-state index in [1.807, 2.05) is 0 Å². The molecule has 1 aliphatic rings. The topological polar surface area (TPSA) is 66.9 Å². The summed E-state index contributed by atoms with van der Waals surface area (Å²) in [4.78, 5) is 38.0. The molecule has 0 aromatic heterocycles. The Bertz CT molecular complexity index is 370. The Hall–Kier alpha value is -1.59. The summed E-state index contributed by atoms with van der Waals surface area (Å²) < 4.78 is 4.56. The van der Waals surface area contributed by atoms with E-state index >= 15 is 0 Å². The molecule has 2 amide bonds. The van der Waals surface area contributed by atoms with Crippen LogP contribution in [0.15, 0.2) is 0 Å². The summed E-state index contributed by atoms with van der Waals surface area (Å²) in [7, 11) is 3.10. The van der Waals surface area contributed by atoms with Crippen molar-refractivity contribution in [3.63, 3.8) is 0 Å². The molecule has 0 aromatic rings. The summed E-state index contributed by atoms with van der Waals surface area (Å²) in [6.07, 6.45) is 2.60. The zero-order valence-electron chi connectivity index (χ0n) is 12.6. The van der Waals surface area contributed by atoms with E-state index in [0.29, 0.717) is 25.9 Å². The molecular formula is C14H24N2O4. The molecule has 0 radical (unpaired) electrons. The van der Waals surface area contributed by atoms with Crippen LogP contribution in [0.4, 0.5) is 0 Å². The number of carbonyl (C=O) groups excluding carboxylic acids is 3. The molecule has 6 nitrogen and oxygen atoms in total. The first-order chi connectivity index (χ1) is 9.45. The molecule has 0 bridgehead atoms. The number of methoxy groups -OCH3 is 1. The van der Waals surface area contributed by atoms with Crippen LogP contribution in [0.25, 0.3) is 0 Å². The van der Waals surface area contributed by atoms with Crippen LogP contribution in [-0.4, -0.2) is 61.4 Å². The van der Waals surface area contributed by atoms with Crippen LogP contribution in [0.5, 0.6) is 0 Å². The molecule has 0 N–H and O–H groups in total. The van der Waals surface area contributed by atoms with Crippen LogP contribution in [0.2, 0.25) is 0 Å². The van der Waals surface area contributed by atoms with Gasteiger partial charge in [0.05, 0.1) is 13.0 Å². The van der Waals surface area contributed by atoms with E-state index in [9.17, 15) is 14.4 Å². The van der Waals surface area contributed by atoms with Gasteiger partial charge in [0.25, 0.3) is 0 Å². The fourth-order valence-corrected chi connectivity index (χ4v) is 2.45. The zero-order valence-corrected chi connectivity index (χ0v) is 12.6. The van der Waals surface area contributed by atoms with Gasteiger partial charge in [-0.2, -0.15) is 0 Å². The van der Waals surface area contributed by atoms with E-state index in [0.717, 1.165) is 19.4 Å². The minimum absolute atomic E-state index is 0.0239. The predicted octanol–water partition coefficient (Wildman–Crippen LogP) is 0.656. The van der Waals surface area contributed by atoms with Gasteiger partial charge in [-0.3, -0.25) is 14.4 Å². The monoisotopic (exact) mass is 284 g/mol. The second-order valence-electron chi connectivity index (χ2n) is 5.24. The molecule has 114 valence electrons. The Balaban J connectivity index is 2.39. The van der Waals surface area contributed by atoms with Gasteiger partial charge in [0.15, 0.2) is 0 Å². The van der Waals surface area contributed by atoms with Gasteiger partial charge in [0.1, 0.15) is 0 Å². The summed E-state index contributed by atoms with van der Waals surface area (Å²) in [5.74, 6) is -0.293. The zero-order chi connectivity index (χ0) is 15.1. The highest BCUT2D eigenvalue weighted by molar-refractivity contribution is 5.80. The molecule has 0 saturated carbocycles. The number of amides is 2. The molecule has 1 rings (SSSR count). The second kappa shape index (κ2) is 7.87. The maximum Gasteiger partial charge on any atom is 0.305 e. The number of esters is 1. The Morgan fingerprint density at radius 1 is 1.35 bits per heavy atom. The number of hydrogen-bond donors (Lipinski definition) is 0. The summed E-state index contributed by atoms with van der Waals surface area (Å²) in [5.41, 5.74) is 0. The average molecular weight is 284 g/mol. The van der Waals surface area contributed by atoms with Crippen molar-refractivity contribution in [2.45, 2.75) is 32.6 Å². The number of piperidine rings is 1. The van der Waals surface area contributed by atoms with Crippen LogP contribution < -0.4 is 0 Å². The van der Waals surface area contributed by atoms with Crippen LogP contribution >= 0.6 is 0 Å². The van der Waals surface area contributed by atoms with Gasteiger partial charge >= 0.3 is 5.97 Å². The molecule has 1 fully saturated rings. The van der Waals surface area contributed by atoms with Gasteiger partial charge in [-0.1, -0.05) is 0 Å². The molecule has 1 aliphatic heterocycles. The van der Waals surface area contributed by atoms with E-state index in [2.05, 4.69) is 4.74 Å². The van der Waals surface area contributed by atoms with E-state index in [1.54, 1.807) is 16.8 Å². The quantitative estimate of drug-likeness (QED) is 0.695. The lowest BCUT2D eigenvalue weighted by molar-refractivity contribution is -0.142. The third-order valence-corrected chi connectivity index (χ3v) is 3.69. The maximum atomic E-state index is 12.3. The Morgan fingerprint density at radius 3 is 2.65 bits per heavy atom. The molecule has 0 aromatic carbocycles. The highest BCUT2D eigenvalue weighted by Crippen LogP contribution is 2.18. The first-order valence-corrected chi connectivity index (χ1v) is 7.03. The number of rotatable bonds is 5. The van der Waals surface area contributed by atoms with Gasteiger partial charge in [0, 0.05) is 40.0 Å². The molecule has 20 heavy (non-hydrogen) atoms. The first-order valence-electron chi connectivity index (χ1n) is 7.03. The Kier molecular flexibility index (Phi) is 6.48. The van der Waals surface area contributed by atoms with Gasteiger partial charge in [0.2, 0.25) is 11.8 Å². The smallest absolute Gasteiger partial charge is 0.305 e. The summed E-state index contributed by atoms with van der Waals surface area (Å²) in [5, 5.41) is 0. The Morgan fingerprint density at radius 2 is 2.05 bits per heavy atom. The standard InChI is InChI=1S/C14H24N2O4/c1-11(17)16-9-4-6-12(10-16)14(19)15(2)8-5-7-13(18)20-3/h12H,4-10H2,1-3H3. The van der Waals surface area contributed by atoms with Gasteiger partial charge in [-0.25, -0.2) is 0 Å². The minimum atomic E-state index is -0.258. The molecule has 1 saturated heterocycles. The highest BCUT2D eigenvalue weighted by atomic mass is 16.5. The number of ether oxygens (including phenoxy) is 1. The van der Waals surface area contributed by atoms with Crippen molar-refractivity contribution < 1.29 is 19.1 Å². The number of likely N-dealkylation sites (tertiary alicyclic amines) is 1. The second-order valence-corrected chi connectivity index (χ2v) is 5.24. The maximum absolute atomic E-state index is 12.3. The van der Waals surface area contributed by atoms with Gasteiger partial charge < -0.3 is 14.5 Å². The number of carbonyl (C=O) groups is 3. The average Bonchev–Trinajstić information content (AvgIpc) is 2.46.